The first-order chi connectivity index (χ1) is 10.9. The van der Waals surface area contributed by atoms with Gasteiger partial charge in [0.15, 0.2) is 0 Å². The van der Waals surface area contributed by atoms with E-state index in [-0.39, 0.29) is 33.3 Å². The summed E-state index contributed by atoms with van der Waals surface area (Å²) in [5.41, 5.74) is 0.512. The number of hydrogen-bond acceptors (Lipinski definition) is 3. The molecule has 3 rings (SSSR count). The molecule has 24 heavy (non-hydrogen) atoms. The molecule has 0 fully saturated rings. The first-order valence-electron chi connectivity index (χ1n) is 7.28. The molecule has 0 saturated carbocycles. The van der Waals surface area contributed by atoms with Crippen LogP contribution in [0.4, 0.5) is 8.78 Å². The van der Waals surface area contributed by atoms with Crippen molar-refractivity contribution in [2.75, 3.05) is 0 Å². The molecular formula is C18H18F2NO2Pt-. The van der Waals surface area contributed by atoms with Gasteiger partial charge < -0.3 is 15.2 Å². The van der Waals surface area contributed by atoms with Crippen molar-refractivity contribution in [1.82, 2.24) is 4.98 Å². The van der Waals surface area contributed by atoms with Gasteiger partial charge in [0.05, 0.1) is 12.2 Å². The quantitative estimate of drug-likeness (QED) is 0.407. The minimum atomic E-state index is -0.429. The van der Waals surface area contributed by atoms with Crippen molar-refractivity contribution < 1.29 is 40.1 Å². The Morgan fingerprint density at radius 1 is 1.17 bits per heavy atom. The second kappa shape index (κ2) is 9.16. The van der Waals surface area contributed by atoms with Crippen molar-refractivity contribution >= 4 is 21.7 Å². The zero-order valence-electron chi connectivity index (χ0n) is 13.2. The molecule has 0 spiro atoms. The molecule has 1 aromatic heterocycles. The number of pyridine rings is 1. The van der Waals surface area contributed by atoms with Crippen LogP contribution in [0, 0.1) is 17.7 Å². The number of halogens is 2. The second-order valence-electron chi connectivity index (χ2n) is 5.47. The van der Waals surface area contributed by atoms with Gasteiger partial charge in [-0.2, -0.15) is 0 Å². The summed E-state index contributed by atoms with van der Waals surface area (Å²) in [6.45, 7) is 3.32. The molecule has 0 aliphatic heterocycles. The number of hydrogen-bond donors (Lipinski definition) is 2. The summed E-state index contributed by atoms with van der Waals surface area (Å²) in [5.74, 6) is -0.822. The fraction of sp³-hybridized carbons (Fsp3) is 0.278. The molecular weight excluding hydrogens is 495 g/mol. The predicted octanol–water partition coefficient (Wildman–Crippen LogP) is 3.60. The number of aliphatic hydroxyl groups excluding tert-OH is 2. The maximum Gasteiger partial charge on any atom is 0.114 e. The Kier molecular flexibility index (Phi) is 7.87. The van der Waals surface area contributed by atoms with Crippen molar-refractivity contribution in [2.45, 2.75) is 32.5 Å². The minimum absolute atomic E-state index is 0. The standard InChI is InChI=1S/C13H6F2N.C5H12O2.Pt/c14-9-3-4-10-8(6-9)7-12(15)11-2-1-5-16-13(10)11;1-4(6)3-5(2)7;/h1-3,5-7H;4-7H,3H2,1-2H3;/q-1;;. The van der Waals surface area contributed by atoms with Crippen LogP contribution in [-0.2, 0) is 21.1 Å². The fourth-order valence-electron chi connectivity index (χ4n) is 2.31. The van der Waals surface area contributed by atoms with E-state index in [4.69, 9.17) is 10.2 Å². The average Bonchev–Trinajstić information content (AvgIpc) is 2.46. The number of aromatic nitrogens is 1. The van der Waals surface area contributed by atoms with Crippen LogP contribution >= 0.6 is 0 Å². The monoisotopic (exact) mass is 513 g/mol. The molecule has 0 aliphatic carbocycles. The summed E-state index contributed by atoms with van der Waals surface area (Å²) < 4.78 is 26.7. The molecule has 2 unspecified atom stereocenters. The Morgan fingerprint density at radius 2 is 1.83 bits per heavy atom. The summed E-state index contributed by atoms with van der Waals surface area (Å²) in [5, 5.41) is 18.7. The van der Waals surface area contributed by atoms with E-state index < -0.39 is 11.6 Å². The van der Waals surface area contributed by atoms with E-state index in [1.54, 1.807) is 32.2 Å². The number of aliphatic hydroxyl groups is 2. The van der Waals surface area contributed by atoms with Crippen LogP contribution in [0.25, 0.3) is 21.7 Å². The average molecular weight is 513 g/mol. The van der Waals surface area contributed by atoms with Crippen LogP contribution in [0.15, 0.2) is 36.5 Å². The summed E-state index contributed by atoms with van der Waals surface area (Å²) in [6, 6.07) is 9.92. The molecule has 3 nitrogen and oxygen atoms in total. The first kappa shape index (κ1) is 20.6. The second-order valence-corrected chi connectivity index (χ2v) is 5.47. The third-order valence-corrected chi connectivity index (χ3v) is 3.20. The fourth-order valence-corrected chi connectivity index (χ4v) is 2.31. The first-order valence-corrected chi connectivity index (χ1v) is 7.28. The third-order valence-electron chi connectivity index (χ3n) is 3.20. The molecule has 2 atom stereocenters. The van der Waals surface area contributed by atoms with Crippen LogP contribution in [0.2, 0.25) is 0 Å². The molecule has 0 radical (unpaired) electrons. The summed E-state index contributed by atoms with van der Waals surface area (Å²) in [6.07, 6.45) is 1.30. The number of nitrogens with zero attached hydrogens (tertiary/aromatic N) is 1. The Balaban J connectivity index is 0.000000312. The molecule has 0 amide bonds. The Hall–Kier alpha value is -1.42. The van der Waals surface area contributed by atoms with Crippen molar-refractivity contribution in [1.29, 1.82) is 0 Å². The van der Waals surface area contributed by atoms with Crippen LogP contribution < -0.4 is 0 Å². The van der Waals surface area contributed by atoms with Crippen molar-refractivity contribution in [3.8, 4) is 0 Å². The topological polar surface area (TPSA) is 53.4 Å². The smallest absolute Gasteiger partial charge is 0.114 e. The van der Waals surface area contributed by atoms with Crippen molar-refractivity contribution in [3.63, 3.8) is 0 Å². The van der Waals surface area contributed by atoms with Crippen molar-refractivity contribution in [2.24, 2.45) is 0 Å². The van der Waals surface area contributed by atoms with Gasteiger partial charge in [-0.1, -0.05) is 12.1 Å². The van der Waals surface area contributed by atoms with Crippen molar-refractivity contribution in [3.05, 3.63) is 54.2 Å². The Bertz CT molecular complexity index is 803. The van der Waals surface area contributed by atoms with E-state index in [9.17, 15) is 8.78 Å². The van der Waals surface area contributed by atoms with Gasteiger partial charge in [0.25, 0.3) is 0 Å². The Labute approximate surface area is 153 Å². The van der Waals surface area contributed by atoms with Crippen LogP contribution in [0.1, 0.15) is 20.3 Å². The van der Waals surface area contributed by atoms with Crippen LogP contribution in [-0.4, -0.2) is 27.4 Å². The molecule has 132 valence electrons. The number of rotatable bonds is 2. The number of benzene rings is 2. The zero-order valence-corrected chi connectivity index (χ0v) is 15.5. The maximum absolute atomic E-state index is 13.7. The van der Waals surface area contributed by atoms with Gasteiger partial charge in [0, 0.05) is 33.1 Å². The van der Waals surface area contributed by atoms with Gasteiger partial charge in [-0.15, -0.1) is 29.0 Å². The largest absolute Gasteiger partial charge is 0.393 e. The third kappa shape index (κ3) is 5.30. The molecule has 2 aromatic carbocycles. The molecule has 0 saturated heterocycles. The molecule has 3 aromatic rings. The molecule has 6 heteroatoms. The van der Waals surface area contributed by atoms with Gasteiger partial charge in [0.2, 0.25) is 0 Å². The minimum Gasteiger partial charge on any atom is -0.393 e. The van der Waals surface area contributed by atoms with E-state index in [1.807, 2.05) is 0 Å². The van der Waals surface area contributed by atoms with E-state index in [0.717, 1.165) is 0 Å². The summed E-state index contributed by atoms with van der Waals surface area (Å²) in [4.78, 5) is 4.11. The van der Waals surface area contributed by atoms with E-state index in [0.29, 0.717) is 28.1 Å². The zero-order chi connectivity index (χ0) is 17.0. The van der Waals surface area contributed by atoms with Gasteiger partial charge in [-0.25, -0.2) is 4.39 Å². The van der Waals surface area contributed by atoms with Crippen LogP contribution in [0.5, 0.6) is 0 Å². The van der Waals surface area contributed by atoms with E-state index in [1.165, 1.54) is 18.2 Å². The molecule has 2 N–H and O–H groups in total. The molecule has 0 aliphatic rings. The van der Waals surface area contributed by atoms with Gasteiger partial charge in [-0.05, 0) is 37.2 Å². The SMILES string of the molecule is CC(O)CC(C)O.Fc1c[c-]c2c(c1)cc(F)c1cccnc12.[Pt]. The maximum atomic E-state index is 13.7. The molecule has 1 heterocycles. The molecule has 0 bridgehead atoms. The summed E-state index contributed by atoms with van der Waals surface area (Å²) >= 11 is 0. The number of fused-ring (bicyclic) bond motifs is 3. The van der Waals surface area contributed by atoms with E-state index >= 15 is 0 Å². The van der Waals surface area contributed by atoms with Crippen LogP contribution in [0.3, 0.4) is 0 Å². The van der Waals surface area contributed by atoms with Gasteiger partial charge >= 0.3 is 0 Å². The predicted molar refractivity (Wildman–Crippen MR) is 86.0 cm³/mol. The summed E-state index contributed by atoms with van der Waals surface area (Å²) in [7, 11) is 0. The Morgan fingerprint density at radius 3 is 2.42 bits per heavy atom. The van der Waals surface area contributed by atoms with E-state index in [2.05, 4.69) is 11.1 Å². The van der Waals surface area contributed by atoms with Gasteiger partial charge in [-0.3, -0.25) is 4.39 Å². The normalized spacial score (nSPS) is 12.9. The van der Waals surface area contributed by atoms with Gasteiger partial charge in [0.1, 0.15) is 5.82 Å².